The normalized spacial score (nSPS) is 42.2. The van der Waals surface area contributed by atoms with Gasteiger partial charge in [-0.1, -0.05) is 13.0 Å². The summed E-state index contributed by atoms with van der Waals surface area (Å²) in [5, 5.41) is 39.9. The molecule has 1 aromatic carbocycles. The highest BCUT2D eigenvalue weighted by atomic mass is 32.3. The molecule has 1 aliphatic heterocycles. The predicted octanol–water partition coefficient (Wildman–Crippen LogP) is 1.00. The van der Waals surface area contributed by atoms with Gasteiger partial charge in [0.15, 0.2) is 12.4 Å². The Labute approximate surface area is 208 Å². The van der Waals surface area contributed by atoms with Crippen LogP contribution in [0, 0.1) is 17.3 Å². The average molecular weight is 529 g/mol. The number of rotatable bonds is 5. The van der Waals surface area contributed by atoms with Crippen LogP contribution in [0.5, 0.6) is 5.75 Å². The molecule has 0 bridgehead atoms. The van der Waals surface area contributed by atoms with Crippen LogP contribution in [0.2, 0.25) is 0 Å². The summed E-state index contributed by atoms with van der Waals surface area (Å²) in [7, 11) is -4.59. The van der Waals surface area contributed by atoms with Crippen molar-refractivity contribution in [1.29, 1.82) is 0 Å². The van der Waals surface area contributed by atoms with Crippen molar-refractivity contribution >= 4 is 16.4 Å². The molecule has 1 aromatic rings. The zero-order valence-corrected chi connectivity index (χ0v) is 20.6. The lowest BCUT2D eigenvalue weighted by Crippen LogP contribution is -2.61. The lowest BCUT2D eigenvalue weighted by Gasteiger charge is -2.51. The molecule has 5 rings (SSSR count). The summed E-state index contributed by atoms with van der Waals surface area (Å²) >= 11 is 0. The third kappa shape index (κ3) is 4.42. The highest BCUT2D eigenvalue weighted by Crippen LogP contribution is 2.62. The van der Waals surface area contributed by atoms with Crippen LogP contribution in [0.3, 0.4) is 0 Å². The Hall–Kier alpha value is -1.80. The summed E-state index contributed by atoms with van der Waals surface area (Å²) in [4.78, 5) is 11.5. The second-order valence-corrected chi connectivity index (χ2v) is 11.8. The van der Waals surface area contributed by atoms with E-state index in [4.69, 9.17) is 14.0 Å². The number of aliphatic carboxylic acids is 1. The van der Waals surface area contributed by atoms with E-state index in [1.165, 1.54) is 0 Å². The number of carboxylic acids is 1. The largest absolute Gasteiger partial charge is 0.479 e. The van der Waals surface area contributed by atoms with Crippen molar-refractivity contribution in [3.63, 3.8) is 0 Å². The maximum Gasteiger partial charge on any atom is 0.446 e. The Morgan fingerprint density at radius 3 is 2.53 bits per heavy atom. The van der Waals surface area contributed by atoms with Crippen LogP contribution in [0.4, 0.5) is 0 Å². The summed E-state index contributed by atoms with van der Waals surface area (Å²) < 4.78 is 47.3. The number of aliphatic hydroxyl groups excluding tert-OH is 3. The van der Waals surface area contributed by atoms with Gasteiger partial charge in [-0.15, -0.1) is 0 Å². The topological polar surface area (TPSA) is 180 Å². The molecule has 200 valence electrons. The van der Waals surface area contributed by atoms with Crippen LogP contribution in [0.15, 0.2) is 18.2 Å². The van der Waals surface area contributed by atoms with Gasteiger partial charge < -0.3 is 34.1 Å². The molecule has 5 N–H and O–H groups in total. The number of aliphatic hydroxyl groups is 3. The van der Waals surface area contributed by atoms with Gasteiger partial charge >= 0.3 is 16.4 Å². The van der Waals surface area contributed by atoms with E-state index in [1.807, 2.05) is 6.07 Å². The molecule has 0 aromatic heterocycles. The third-order valence-electron chi connectivity index (χ3n) is 8.92. The fraction of sp³-hybridized carbons (Fsp3) is 0.708. The number of ether oxygens (including phenoxy) is 2. The van der Waals surface area contributed by atoms with Crippen LogP contribution in [-0.2, 0) is 31.1 Å². The highest BCUT2D eigenvalue weighted by Gasteiger charge is 2.57. The molecule has 3 aliphatic carbocycles. The fourth-order valence-corrected chi connectivity index (χ4v) is 7.58. The predicted molar refractivity (Wildman–Crippen MR) is 122 cm³/mol. The Morgan fingerprint density at radius 2 is 1.83 bits per heavy atom. The van der Waals surface area contributed by atoms with E-state index in [2.05, 4.69) is 11.1 Å². The van der Waals surface area contributed by atoms with Crippen LogP contribution in [-0.4, -0.2) is 76.2 Å². The first-order chi connectivity index (χ1) is 16.9. The minimum Gasteiger partial charge on any atom is -0.479 e. The Balaban J connectivity index is 1.32. The molecule has 0 radical (unpaired) electrons. The van der Waals surface area contributed by atoms with Gasteiger partial charge in [0.05, 0.1) is 6.10 Å². The Bertz CT molecular complexity index is 1120. The Morgan fingerprint density at radius 1 is 1.08 bits per heavy atom. The fourth-order valence-electron chi connectivity index (χ4n) is 7.23. The molecule has 10 atom stereocenters. The molecule has 11 nitrogen and oxygen atoms in total. The van der Waals surface area contributed by atoms with Crippen molar-refractivity contribution in [2.24, 2.45) is 17.3 Å². The van der Waals surface area contributed by atoms with Crippen molar-refractivity contribution in [3.8, 4) is 5.75 Å². The van der Waals surface area contributed by atoms with Gasteiger partial charge in [0, 0.05) is 0 Å². The average Bonchev–Trinajstić information content (AvgIpc) is 3.13. The molecule has 3 fully saturated rings. The third-order valence-corrected chi connectivity index (χ3v) is 9.33. The van der Waals surface area contributed by atoms with Crippen molar-refractivity contribution in [1.82, 2.24) is 0 Å². The molecule has 1 heterocycles. The molecule has 0 spiro atoms. The number of aryl methyl sites for hydroxylation is 1. The molecule has 0 amide bonds. The lowest BCUT2D eigenvalue weighted by molar-refractivity contribution is -0.312. The maximum atomic E-state index is 11.5. The zero-order chi connectivity index (χ0) is 26.0. The maximum absolute atomic E-state index is 11.5. The molecular weight excluding hydrogens is 496 g/mol. The standard InChI is InChI=1S/C24H32O11S/c1-24-9-8-14-13-5-3-12(35-36(30,31)32)10-11(13)2-4-15(14)16(24)6-7-17(24)33-23-20(27)18(25)19(26)21(34-23)22(28)29/h3,5,10,14-21,23,25-27H,2,4,6-9H2,1H3,(H,28,29)(H,30,31,32)/t14-,15-,16+,17+,18?,19-,20+,21?,23-,24+/m1/s1. The van der Waals surface area contributed by atoms with Gasteiger partial charge in [0.2, 0.25) is 0 Å². The van der Waals surface area contributed by atoms with Gasteiger partial charge in [0.25, 0.3) is 0 Å². The van der Waals surface area contributed by atoms with Crippen molar-refractivity contribution < 1.29 is 51.8 Å². The van der Waals surface area contributed by atoms with Gasteiger partial charge in [-0.2, -0.15) is 8.42 Å². The van der Waals surface area contributed by atoms with Crippen molar-refractivity contribution in [3.05, 3.63) is 29.3 Å². The van der Waals surface area contributed by atoms with Gasteiger partial charge in [-0.25, -0.2) is 4.79 Å². The summed E-state index contributed by atoms with van der Waals surface area (Å²) in [6.07, 6.45) is -3.49. The molecule has 36 heavy (non-hydrogen) atoms. The van der Waals surface area contributed by atoms with E-state index in [1.54, 1.807) is 12.1 Å². The van der Waals surface area contributed by atoms with Gasteiger partial charge in [-0.05, 0) is 85.0 Å². The van der Waals surface area contributed by atoms with Crippen molar-refractivity contribution in [2.45, 2.75) is 88.2 Å². The van der Waals surface area contributed by atoms with E-state index in [0.717, 1.165) is 43.2 Å². The van der Waals surface area contributed by atoms with Crippen molar-refractivity contribution in [2.75, 3.05) is 0 Å². The van der Waals surface area contributed by atoms with E-state index in [9.17, 15) is 33.6 Å². The van der Waals surface area contributed by atoms with Gasteiger partial charge in [-0.3, -0.25) is 4.55 Å². The number of fused-ring (bicyclic) bond motifs is 5. The van der Waals surface area contributed by atoms with E-state index in [-0.39, 0.29) is 23.2 Å². The summed E-state index contributed by atoms with van der Waals surface area (Å²) in [5.74, 6) is -0.383. The highest BCUT2D eigenvalue weighted by molar-refractivity contribution is 7.81. The van der Waals surface area contributed by atoms with Crippen LogP contribution < -0.4 is 4.18 Å². The molecule has 12 heteroatoms. The number of benzene rings is 1. The molecule has 4 aliphatic rings. The number of hydrogen-bond donors (Lipinski definition) is 5. The minimum absolute atomic E-state index is 0.0858. The number of hydrogen-bond acceptors (Lipinski definition) is 9. The first-order valence-corrected chi connectivity index (χ1v) is 13.6. The summed E-state index contributed by atoms with van der Waals surface area (Å²) in [6, 6.07) is 5.11. The van der Waals surface area contributed by atoms with Crippen LogP contribution in [0.25, 0.3) is 0 Å². The smallest absolute Gasteiger partial charge is 0.446 e. The number of carboxylic acid groups (broad SMARTS) is 1. The van der Waals surface area contributed by atoms with Crippen LogP contribution >= 0.6 is 0 Å². The van der Waals surface area contributed by atoms with E-state index < -0.39 is 47.1 Å². The van der Waals surface area contributed by atoms with Gasteiger partial charge in [0.1, 0.15) is 24.1 Å². The van der Waals surface area contributed by atoms with E-state index in [0.29, 0.717) is 18.3 Å². The lowest BCUT2D eigenvalue weighted by atomic mass is 9.55. The Kier molecular flexibility index (Phi) is 6.60. The van der Waals surface area contributed by atoms with E-state index >= 15 is 0 Å². The molecule has 2 unspecified atom stereocenters. The minimum atomic E-state index is -4.59. The first-order valence-electron chi connectivity index (χ1n) is 12.3. The zero-order valence-electron chi connectivity index (χ0n) is 19.8. The molecular formula is C24H32O11S. The second kappa shape index (κ2) is 9.19. The van der Waals surface area contributed by atoms with Crippen LogP contribution in [0.1, 0.15) is 56.1 Å². The molecule has 1 saturated heterocycles. The summed E-state index contributed by atoms with van der Waals surface area (Å²) in [6.45, 7) is 2.15. The molecule has 2 saturated carbocycles. The second-order valence-electron chi connectivity index (χ2n) is 10.8. The monoisotopic (exact) mass is 528 g/mol. The first kappa shape index (κ1) is 25.8. The SMILES string of the molecule is C[C@]12CC[C@@H]3c4ccc(OS(=O)(=O)O)cc4CC[C@H]3[C@@H]1CC[C@@H]2O[C@@H]1OC(C(=O)O)[C@H](O)C(O)[C@@H]1O. The summed E-state index contributed by atoms with van der Waals surface area (Å²) in [5.41, 5.74) is 1.93. The quantitative estimate of drug-likeness (QED) is 0.344. The number of carbonyl (C=O) groups is 1.